The van der Waals surface area contributed by atoms with Gasteiger partial charge in [-0.2, -0.15) is 0 Å². The summed E-state index contributed by atoms with van der Waals surface area (Å²) in [6.07, 6.45) is 0.637. The molecule has 0 unspecified atom stereocenters. The molecule has 68 valence electrons. The molecule has 2 nitrogen and oxygen atoms in total. The number of ether oxygens (including phenoxy) is 1. The summed E-state index contributed by atoms with van der Waals surface area (Å²) < 4.78 is 5.38. The average molecular weight is 176 g/mol. The fourth-order valence-electron chi connectivity index (χ4n) is 0.890. The number of hydrogen-bond donors (Lipinski definition) is 0. The van der Waals surface area contributed by atoms with E-state index in [1.807, 2.05) is 36.3 Å². The van der Waals surface area contributed by atoms with E-state index in [2.05, 4.69) is 0 Å². The molecule has 2 heteroatoms. The van der Waals surface area contributed by atoms with Crippen molar-refractivity contribution in [3.05, 3.63) is 35.9 Å². The molecule has 0 fully saturated rings. The molecule has 0 aliphatic carbocycles. The van der Waals surface area contributed by atoms with Gasteiger partial charge in [-0.05, 0) is 19.1 Å². The van der Waals surface area contributed by atoms with E-state index in [4.69, 9.17) is 4.74 Å². The molecule has 0 N–H and O–H groups in total. The van der Waals surface area contributed by atoms with E-state index in [0.717, 1.165) is 5.75 Å². The van der Waals surface area contributed by atoms with Crippen LogP contribution >= 0.6 is 0 Å². The van der Waals surface area contributed by atoms with Gasteiger partial charge in [-0.3, -0.25) is 0 Å². The monoisotopic (exact) mass is 176 g/mol. The zero-order chi connectivity index (χ0) is 9.52. The van der Waals surface area contributed by atoms with Crippen molar-refractivity contribution >= 4 is 5.94 Å². The third-order valence-electron chi connectivity index (χ3n) is 1.66. The van der Waals surface area contributed by atoms with Gasteiger partial charge in [0.25, 0.3) is 0 Å². The first-order valence-corrected chi connectivity index (χ1v) is 4.21. The highest BCUT2D eigenvalue weighted by atomic mass is 16.5. The van der Waals surface area contributed by atoms with Gasteiger partial charge in [-0.1, -0.05) is 18.2 Å². The Balaban J connectivity index is 2.32. The third kappa shape index (κ3) is 3.59. The molecule has 0 aromatic heterocycles. The van der Waals surface area contributed by atoms with Gasteiger partial charge in [0.1, 0.15) is 11.7 Å². The summed E-state index contributed by atoms with van der Waals surface area (Å²) in [6, 6.07) is 9.54. The van der Waals surface area contributed by atoms with Gasteiger partial charge in [0, 0.05) is 12.0 Å². The lowest BCUT2D eigenvalue weighted by atomic mass is 10.2. The highest BCUT2D eigenvalue weighted by Gasteiger charge is 1.93. The Morgan fingerprint density at radius 1 is 1.38 bits per heavy atom. The van der Waals surface area contributed by atoms with E-state index >= 15 is 0 Å². The summed E-state index contributed by atoms with van der Waals surface area (Å²) in [5.74, 6) is 2.67. The number of rotatable bonds is 4. The number of carbonyl (C=O) groups excluding carboxylic acids is 1. The molecular weight excluding hydrogens is 164 g/mol. The predicted octanol–water partition coefficient (Wildman–Crippen LogP) is 2.23. The second-order valence-electron chi connectivity index (χ2n) is 2.79. The molecule has 0 spiro atoms. The Labute approximate surface area is 77.8 Å². The van der Waals surface area contributed by atoms with E-state index in [1.54, 1.807) is 6.92 Å². The zero-order valence-electron chi connectivity index (χ0n) is 7.62. The van der Waals surface area contributed by atoms with E-state index in [-0.39, 0.29) is 0 Å². The van der Waals surface area contributed by atoms with Gasteiger partial charge in [0.15, 0.2) is 0 Å². The summed E-state index contributed by atoms with van der Waals surface area (Å²) in [5, 5.41) is 0. The number of para-hydroxylation sites is 1. The molecule has 1 rings (SSSR count). The van der Waals surface area contributed by atoms with Crippen LogP contribution in [0.5, 0.6) is 5.75 Å². The maximum atomic E-state index is 10.1. The Bertz CT molecular complexity index is 297. The Morgan fingerprint density at radius 2 is 2.08 bits per heavy atom. The molecule has 0 saturated carbocycles. The average Bonchev–Trinajstić information content (AvgIpc) is 2.19. The predicted molar refractivity (Wildman–Crippen MR) is 51.4 cm³/mol. The maximum absolute atomic E-state index is 10.1. The van der Waals surface area contributed by atoms with Crippen molar-refractivity contribution in [2.45, 2.75) is 13.3 Å². The molecule has 0 bridgehead atoms. The highest BCUT2D eigenvalue weighted by molar-refractivity contribution is 5.51. The van der Waals surface area contributed by atoms with Crippen LogP contribution in [0.4, 0.5) is 0 Å². The number of hydrogen-bond acceptors (Lipinski definition) is 2. The molecular formula is C11H12O2. The lowest BCUT2D eigenvalue weighted by Crippen LogP contribution is -1.97. The second kappa shape index (κ2) is 5.18. The standard InChI is InChI=1S/C11H12O2/c1-10(9-12)7-8-13-11-5-3-2-4-6-11/h2-6H,7-8H2,1H3. The van der Waals surface area contributed by atoms with Crippen LogP contribution in [-0.2, 0) is 4.79 Å². The van der Waals surface area contributed by atoms with Crippen LogP contribution in [0.1, 0.15) is 13.3 Å². The summed E-state index contributed by atoms with van der Waals surface area (Å²) in [4.78, 5) is 10.1. The molecule has 0 heterocycles. The van der Waals surface area contributed by atoms with E-state index in [1.165, 1.54) is 0 Å². The molecule has 13 heavy (non-hydrogen) atoms. The van der Waals surface area contributed by atoms with Crippen molar-refractivity contribution in [1.29, 1.82) is 0 Å². The summed E-state index contributed by atoms with van der Waals surface area (Å²) >= 11 is 0. The van der Waals surface area contributed by atoms with E-state index in [0.29, 0.717) is 18.6 Å². The van der Waals surface area contributed by atoms with Crippen molar-refractivity contribution in [3.8, 4) is 5.75 Å². The minimum Gasteiger partial charge on any atom is -0.493 e. The smallest absolute Gasteiger partial charge is 0.123 e. The van der Waals surface area contributed by atoms with Gasteiger partial charge in [0.2, 0.25) is 0 Å². The van der Waals surface area contributed by atoms with Crippen LogP contribution in [-0.4, -0.2) is 12.5 Å². The van der Waals surface area contributed by atoms with E-state index in [9.17, 15) is 4.79 Å². The quantitative estimate of drug-likeness (QED) is 0.657. The molecule has 0 radical (unpaired) electrons. The molecule has 0 aliphatic heterocycles. The minimum atomic E-state index is 0.533. The minimum absolute atomic E-state index is 0.533. The van der Waals surface area contributed by atoms with Crippen LogP contribution in [0.25, 0.3) is 0 Å². The van der Waals surface area contributed by atoms with Crippen molar-refractivity contribution in [1.82, 2.24) is 0 Å². The molecule has 0 atom stereocenters. The van der Waals surface area contributed by atoms with Gasteiger partial charge in [-0.15, -0.1) is 0 Å². The van der Waals surface area contributed by atoms with Crippen LogP contribution in [0.15, 0.2) is 35.9 Å². The molecule has 1 aromatic carbocycles. The van der Waals surface area contributed by atoms with Gasteiger partial charge in [0.05, 0.1) is 6.61 Å². The molecule has 1 aromatic rings. The first-order chi connectivity index (χ1) is 6.33. The first-order valence-electron chi connectivity index (χ1n) is 4.21. The van der Waals surface area contributed by atoms with Crippen molar-refractivity contribution in [2.75, 3.05) is 6.61 Å². The zero-order valence-corrected chi connectivity index (χ0v) is 7.62. The Morgan fingerprint density at radius 3 is 2.69 bits per heavy atom. The van der Waals surface area contributed by atoms with Crippen LogP contribution < -0.4 is 4.74 Å². The van der Waals surface area contributed by atoms with Crippen LogP contribution in [0, 0.1) is 0 Å². The highest BCUT2D eigenvalue weighted by Crippen LogP contribution is 2.09. The summed E-state index contributed by atoms with van der Waals surface area (Å²) in [6.45, 7) is 2.28. The summed E-state index contributed by atoms with van der Waals surface area (Å²) in [5.41, 5.74) is 0.691. The van der Waals surface area contributed by atoms with Gasteiger partial charge < -0.3 is 4.74 Å². The largest absolute Gasteiger partial charge is 0.493 e. The summed E-state index contributed by atoms with van der Waals surface area (Å²) in [7, 11) is 0. The van der Waals surface area contributed by atoms with Gasteiger partial charge in [-0.25, -0.2) is 4.79 Å². The van der Waals surface area contributed by atoms with E-state index < -0.39 is 0 Å². The molecule has 0 amide bonds. The maximum Gasteiger partial charge on any atom is 0.123 e. The second-order valence-corrected chi connectivity index (χ2v) is 2.79. The number of benzene rings is 1. The lowest BCUT2D eigenvalue weighted by Gasteiger charge is -2.03. The SMILES string of the molecule is CC(=C=O)CCOc1ccccc1. The van der Waals surface area contributed by atoms with Crippen LogP contribution in [0.2, 0.25) is 0 Å². The fraction of sp³-hybridized carbons (Fsp3) is 0.273. The normalized spacial score (nSPS) is 9.00. The van der Waals surface area contributed by atoms with Crippen molar-refractivity contribution < 1.29 is 9.53 Å². The Kier molecular flexibility index (Phi) is 3.80. The fourth-order valence-corrected chi connectivity index (χ4v) is 0.890. The van der Waals surface area contributed by atoms with Gasteiger partial charge >= 0.3 is 0 Å². The molecule has 0 saturated heterocycles. The molecule has 0 aliphatic rings. The first kappa shape index (κ1) is 9.56. The van der Waals surface area contributed by atoms with Crippen molar-refractivity contribution in [3.63, 3.8) is 0 Å². The third-order valence-corrected chi connectivity index (χ3v) is 1.66. The lowest BCUT2D eigenvalue weighted by molar-refractivity contribution is 0.322. The van der Waals surface area contributed by atoms with Crippen molar-refractivity contribution in [2.24, 2.45) is 0 Å². The Hall–Kier alpha value is -1.53. The van der Waals surface area contributed by atoms with Crippen LogP contribution in [0.3, 0.4) is 0 Å². The topological polar surface area (TPSA) is 26.3 Å².